The molecule has 0 fully saturated rings. The zero-order valence-corrected chi connectivity index (χ0v) is 4.54. The van der Waals surface area contributed by atoms with Gasteiger partial charge >= 0.3 is 0 Å². The Morgan fingerprint density at radius 1 is 1.80 bits per heavy atom. The van der Waals surface area contributed by atoms with Crippen LogP contribution in [-0.2, 0) is 4.79 Å². The summed E-state index contributed by atoms with van der Waals surface area (Å²) in [5.41, 5.74) is 0. The fourth-order valence-corrected chi connectivity index (χ4v) is 0. The monoisotopic (exact) mass is 106 g/mol. The molecule has 0 bridgehead atoms. The summed E-state index contributed by atoms with van der Waals surface area (Å²) in [6.07, 6.45) is 0. The highest BCUT2D eigenvalue weighted by Gasteiger charge is 1.67. The Bertz CT molecular complexity index is 32.6. The molecule has 0 aromatic heterocycles. The third kappa shape index (κ3) is 633. The molecule has 0 saturated heterocycles. The van der Waals surface area contributed by atoms with E-state index in [1.165, 1.54) is 6.92 Å². The van der Waals surface area contributed by atoms with E-state index >= 15 is 0 Å². The lowest BCUT2D eigenvalue weighted by molar-refractivity contribution is -0.109. The van der Waals surface area contributed by atoms with Crippen LogP contribution >= 0.6 is 11.6 Å². The Kier molecular flexibility index (Phi) is 7.48. The third-order valence-corrected chi connectivity index (χ3v) is 0. The minimum absolute atomic E-state index is 0. The average Bonchev–Trinajstić information content (AvgIpc) is 0.811. The summed E-state index contributed by atoms with van der Waals surface area (Å²) >= 11 is 4.64. The Balaban J connectivity index is 0. The van der Waals surface area contributed by atoms with Crippen molar-refractivity contribution in [3.05, 3.63) is 0 Å². The summed E-state index contributed by atoms with van der Waals surface area (Å²) < 4.78 is 0. The van der Waals surface area contributed by atoms with Gasteiger partial charge in [-0.15, -0.1) is 0 Å². The molecule has 4 radical (unpaired) electrons. The van der Waals surface area contributed by atoms with Crippen LogP contribution < -0.4 is 0 Å². The molecule has 1 nitrogen and oxygen atoms in total. The van der Waals surface area contributed by atoms with Gasteiger partial charge in [-0.25, -0.2) is 0 Å². The molecule has 0 aliphatic heterocycles. The van der Waals surface area contributed by atoms with Crippen molar-refractivity contribution in [1.29, 1.82) is 0 Å². The van der Waals surface area contributed by atoms with E-state index in [4.69, 9.17) is 0 Å². The van der Waals surface area contributed by atoms with Crippen LogP contribution in [0.3, 0.4) is 0 Å². The minimum atomic E-state index is -0.361. The molecule has 0 rings (SSSR count). The number of halogens is 1. The Hall–Kier alpha value is 0.177. The first-order valence-corrected chi connectivity index (χ1v) is 1.27. The molecule has 0 N–H and O–H groups in total. The summed E-state index contributed by atoms with van der Waals surface area (Å²) in [5.74, 6) is 0. The smallest absolute Gasteiger partial charge is 0.218 e. The molecule has 0 aliphatic carbocycles. The Labute approximate surface area is 40.3 Å². The van der Waals surface area contributed by atoms with Crippen LogP contribution in [0, 0.1) is 0 Å². The van der Waals surface area contributed by atoms with Crippen molar-refractivity contribution >= 4 is 27.8 Å². The van der Waals surface area contributed by atoms with E-state index < -0.39 is 0 Å². The van der Waals surface area contributed by atoms with E-state index in [-0.39, 0.29) is 16.2 Å². The van der Waals surface area contributed by atoms with Crippen LogP contribution in [0.15, 0.2) is 0 Å². The van der Waals surface area contributed by atoms with Crippen LogP contribution in [0.2, 0.25) is 0 Å². The van der Waals surface area contributed by atoms with Crippen molar-refractivity contribution in [2.24, 2.45) is 0 Å². The summed E-state index contributed by atoms with van der Waals surface area (Å²) in [6.45, 7) is 1.29. The molecular formula is C2H3ClOSi. The molecule has 0 saturated carbocycles. The van der Waals surface area contributed by atoms with Crippen LogP contribution in [-0.4, -0.2) is 16.2 Å². The van der Waals surface area contributed by atoms with E-state index in [0.717, 1.165) is 0 Å². The van der Waals surface area contributed by atoms with E-state index in [1.54, 1.807) is 0 Å². The molecule has 3 heteroatoms. The van der Waals surface area contributed by atoms with Gasteiger partial charge in [-0.1, -0.05) is 0 Å². The lowest BCUT2D eigenvalue weighted by atomic mass is 10.9. The lowest BCUT2D eigenvalue weighted by Crippen LogP contribution is -1.62. The second-order valence-corrected chi connectivity index (χ2v) is 1.00. The van der Waals surface area contributed by atoms with Crippen LogP contribution in [0.4, 0.5) is 0 Å². The van der Waals surface area contributed by atoms with Gasteiger partial charge in [-0.05, 0) is 11.6 Å². The molecule has 0 unspecified atom stereocenters. The van der Waals surface area contributed by atoms with Gasteiger partial charge in [-0.3, -0.25) is 4.79 Å². The quantitative estimate of drug-likeness (QED) is 0.323. The van der Waals surface area contributed by atoms with Crippen LogP contribution in [0.25, 0.3) is 0 Å². The fourth-order valence-electron chi connectivity index (χ4n) is 0. The van der Waals surface area contributed by atoms with Gasteiger partial charge in [0.2, 0.25) is 5.24 Å². The first-order chi connectivity index (χ1) is 1.73. The molecule has 0 atom stereocenters. The predicted molar refractivity (Wildman–Crippen MR) is 22.3 cm³/mol. The van der Waals surface area contributed by atoms with Crippen LogP contribution in [0.5, 0.6) is 0 Å². The minimum Gasteiger partial charge on any atom is -0.282 e. The highest BCUT2D eigenvalue weighted by Crippen LogP contribution is 1.67. The van der Waals surface area contributed by atoms with Crippen molar-refractivity contribution < 1.29 is 4.79 Å². The second-order valence-electron chi connectivity index (χ2n) is 0.470. The maximum atomic E-state index is 9.21. The highest BCUT2D eigenvalue weighted by molar-refractivity contribution is 6.62. The van der Waals surface area contributed by atoms with Gasteiger partial charge in [0, 0.05) is 17.9 Å². The normalized spacial score (nSPS) is 5.20. The van der Waals surface area contributed by atoms with Gasteiger partial charge in [-0.2, -0.15) is 0 Å². The first-order valence-electron chi connectivity index (χ1n) is 0.893. The van der Waals surface area contributed by atoms with Crippen molar-refractivity contribution in [3.8, 4) is 0 Å². The van der Waals surface area contributed by atoms with E-state index in [1.807, 2.05) is 0 Å². The van der Waals surface area contributed by atoms with Crippen molar-refractivity contribution in [1.82, 2.24) is 0 Å². The molecule has 0 aromatic rings. The summed E-state index contributed by atoms with van der Waals surface area (Å²) in [4.78, 5) is 9.21. The standard InChI is InChI=1S/C2H3ClO.Si/c1-2(3)4;/h1H3;. The van der Waals surface area contributed by atoms with E-state index in [9.17, 15) is 4.79 Å². The molecule has 0 aliphatic rings. The van der Waals surface area contributed by atoms with Gasteiger partial charge < -0.3 is 0 Å². The number of carbonyl (C=O) groups excluding carboxylic acids is 1. The molecule has 28 valence electrons. The summed E-state index contributed by atoms with van der Waals surface area (Å²) in [5, 5.41) is -0.361. The third-order valence-electron chi connectivity index (χ3n) is 0. The van der Waals surface area contributed by atoms with Gasteiger partial charge in [0.25, 0.3) is 0 Å². The Morgan fingerprint density at radius 2 is 1.80 bits per heavy atom. The maximum Gasteiger partial charge on any atom is 0.218 e. The van der Waals surface area contributed by atoms with Crippen molar-refractivity contribution in [2.45, 2.75) is 6.92 Å². The van der Waals surface area contributed by atoms with E-state index in [2.05, 4.69) is 11.6 Å². The van der Waals surface area contributed by atoms with Gasteiger partial charge in [0.1, 0.15) is 0 Å². The zero-order chi connectivity index (χ0) is 3.58. The summed E-state index contributed by atoms with van der Waals surface area (Å²) in [7, 11) is 0. The average molecular weight is 107 g/mol. The van der Waals surface area contributed by atoms with Gasteiger partial charge in [0.05, 0.1) is 0 Å². The fraction of sp³-hybridized carbons (Fsp3) is 0.500. The highest BCUT2D eigenvalue weighted by atomic mass is 35.5. The lowest BCUT2D eigenvalue weighted by Gasteiger charge is -1.52. The predicted octanol–water partition coefficient (Wildman–Crippen LogP) is 0.391. The molecule has 5 heavy (non-hydrogen) atoms. The number of carbonyl (C=O) groups is 1. The number of rotatable bonds is 0. The Morgan fingerprint density at radius 3 is 1.80 bits per heavy atom. The zero-order valence-electron chi connectivity index (χ0n) is 2.79. The van der Waals surface area contributed by atoms with E-state index in [0.29, 0.717) is 0 Å². The molecular weight excluding hydrogens is 104 g/mol. The number of hydrogen-bond acceptors (Lipinski definition) is 1. The molecule has 0 spiro atoms. The molecule has 0 amide bonds. The number of hydrogen-bond donors (Lipinski definition) is 0. The van der Waals surface area contributed by atoms with Crippen LogP contribution in [0.1, 0.15) is 6.92 Å². The second kappa shape index (κ2) is 4.18. The summed E-state index contributed by atoms with van der Waals surface area (Å²) in [6, 6.07) is 0. The topological polar surface area (TPSA) is 17.1 Å². The molecule has 0 heterocycles. The first kappa shape index (κ1) is 8.95. The largest absolute Gasteiger partial charge is 0.282 e. The molecule has 0 aromatic carbocycles. The van der Waals surface area contributed by atoms with Crippen molar-refractivity contribution in [2.75, 3.05) is 0 Å². The maximum absolute atomic E-state index is 9.21. The van der Waals surface area contributed by atoms with Gasteiger partial charge in [0.15, 0.2) is 0 Å². The van der Waals surface area contributed by atoms with Crippen molar-refractivity contribution in [3.63, 3.8) is 0 Å². The SMILES string of the molecule is CC(=O)Cl.[Si].